The molecule has 2 aromatic heterocycles. The van der Waals surface area contributed by atoms with Crippen molar-refractivity contribution in [1.29, 1.82) is 0 Å². The molecular formula is C23H22Cl2N2O3S. The van der Waals surface area contributed by atoms with Crippen LogP contribution in [0.5, 0.6) is 0 Å². The summed E-state index contributed by atoms with van der Waals surface area (Å²) in [6.45, 7) is 1.35. The molecule has 0 saturated heterocycles. The maximum atomic E-state index is 12.5. The maximum absolute atomic E-state index is 12.5. The Kier molecular flexibility index (Phi) is 8.49. The number of thiazole rings is 1. The van der Waals surface area contributed by atoms with Crippen molar-refractivity contribution >= 4 is 73.6 Å². The molecule has 0 spiro atoms. The number of aliphatic hydroxyl groups excluding tert-OH is 1. The minimum atomic E-state index is -0.381. The first-order chi connectivity index (χ1) is 15.2. The quantitative estimate of drug-likeness (QED) is 0.283. The van der Waals surface area contributed by atoms with Crippen molar-refractivity contribution in [2.75, 3.05) is 36.9 Å². The maximum Gasteiger partial charge on any atom is 0.343 e. The Labute approximate surface area is 194 Å². The lowest BCUT2D eigenvalue weighted by molar-refractivity contribution is 0.399. The lowest BCUT2D eigenvalue weighted by atomic mass is 10.1. The predicted molar refractivity (Wildman–Crippen MR) is 133 cm³/mol. The molecule has 162 valence electrons. The van der Waals surface area contributed by atoms with Gasteiger partial charge in [0.25, 0.3) is 0 Å². The van der Waals surface area contributed by atoms with Crippen molar-refractivity contribution in [3.63, 3.8) is 0 Å². The van der Waals surface area contributed by atoms with Crippen molar-refractivity contribution in [1.82, 2.24) is 4.98 Å². The molecule has 8 heteroatoms. The number of hydrogen-bond acceptors (Lipinski definition) is 6. The van der Waals surface area contributed by atoms with E-state index in [4.69, 9.17) is 32.7 Å². The third-order valence-electron chi connectivity index (χ3n) is 4.54. The number of aromatic nitrogens is 1. The van der Waals surface area contributed by atoms with E-state index in [9.17, 15) is 4.79 Å². The Hall–Kier alpha value is -2.38. The molecule has 0 saturated carbocycles. The topological polar surface area (TPSA) is 66.6 Å². The van der Waals surface area contributed by atoms with E-state index in [-0.39, 0.29) is 5.63 Å². The first kappa shape index (κ1) is 23.3. The molecule has 0 aliphatic carbocycles. The molecule has 0 bridgehead atoms. The average Bonchev–Trinajstić information content (AvgIpc) is 3.21. The zero-order chi connectivity index (χ0) is 22.2. The Bertz CT molecular complexity index is 1200. The monoisotopic (exact) mass is 476 g/mol. The standard InChI is InChI=1S/C22H18Cl2N2O2S.CH4O/c23-9-11-26(12-10-24)17-7-5-15-13-16(22(27)28-19(15)14-17)6-8-21-25-18-3-1-2-4-20(18)29-21;1-2/h1-8,13-14H,9-12H2;2H,1H3/b8-6+;. The highest BCUT2D eigenvalue weighted by Crippen LogP contribution is 2.25. The van der Waals surface area contributed by atoms with Gasteiger partial charge >= 0.3 is 5.63 Å². The number of rotatable bonds is 7. The van der Waals surface area contributed by atoms with Crippen LogP contribution in [0.4, 0.5) is 5.69 Å². The number of nitrogens with zero attached hydrogens (tertiary/aromatic N) is 2. The number of anilines is 1. The fraction of sp³-hybridized carbons (Fsp3) is 0.217. The summed E-state index contributed by atoms with van der Waals surface area (Å²) in [5.74, 6) is 0.989. The van der Waals surface area contributed by atoms with Crippen LogP contribution in [0.3, 0.4) is 0 Å². The summed E-state index contributed by atoms with van der Waals surface area (Å²) in [5, 5.41) is 8.70. The van der Waals surface area contributed by atoms with Gasteiger partial charge < -0.3 is 14.4 Å². The van der Waals surface area contributed by atoms with Crippen molar-refractivity contribution in [3.05, 3.63) is 69.5 Å². The minimum Gasteiger partial charge on any atom is -0.422 e. The molecule has 2 aromatic carbocycles. The van der Waals surface area contributed by atoms with Crippen LogP contribution >= 0.6 is 34.5 Å². The number of benzene rings is 2. The second-order valence-corrected chi connectivity index (χ2v) is 8.25. The van der Waals surface area contributed by atoms with Crippen LogP contribution in [0.1, 0.15) is 10.6 Å². The van der Waals surface area contributed by atoms with Crippen LogP contribution in [0, 0.1) is 0 Å². The van der Waals surface area contributed by atoms with Gasteiger partial charge in [-0.05, 0) is 42.5 Å². The fourth-order valence-electron chi connectivity index (χ4n) is 3.13. The fourth-order valence-corrected chi connectivity index (χ4v) is 4.40. The summed E-state index contributed by atoms with van der Waals surface area (Å²) in [4.78, 5) is 19.1. The zero-order valence-electron chi connectivity index (χ0n) is 16.9. The summed E-state index contributed by atoms with van der Waals surface area (Å²) in [7, 11) is 1.00. The lowest BCUT2D eigenvalue weighted by Gasteiger charge is -2.22. The van der Waals surface area contributed by atoms with E-state index in [1.54, 1.807) is 17.4 Å². The minimum absolute atomic E-state index is 0.381. The van der Waals surface area contributed by atoms with Gasteiger partial charge in [-0.3, -0.25) is 0 Å². The van der Waals surface area contributed by atoms with Crippen LogP contribution in [-0.4, -0.2) is 42.0 Å². The molecule has 0 aliphatic heterocycles. The second-order valence-electron chi connectivity index (χ2n) is 6.43. The van der Waals surface area contributed by atoms with Gasteiger partial charge in [0.2, 0.25) is 0 Å². The van der Waals surface area contributed by atoms with Crippen LogP contribution in [-0.2, 0) is 0 Å². The summed E-state index contributed by atoms with van der Waals surface area (Å²) < 4.78 is 6.69. The normalized spacial score (nSPS) is 11.1. The van der Waals surface area contributed by atoms with Gasteiger partial charge in [0.15, 0.2) is 0 Å². The van der Waals surface area contributed by atoms with E-state index < -0.39 is 0 Å². The first-order valence-electron chi connectivity index (χ1n) is 9.61. The van der Waals surface area contributed by atoms with Crippen LogP contribution in [0.2, 0.25) is 0 Å². The Morgan fingerprint density at radius 1 is 1.06 bits per heavy atom. The van der Waals surface area contributed by atoms with Crippen molar-refractivity contribution in [2.45, 2.75) is 0 Å². The molecule has 0 unspecified atom stereocenters. The number of hydrogen-bond donors (Lipinski definition) is 1. The zero-order valence-corrected chi connectivity index (χ0v) is 19.3. The third-order valence-corrected chi connectivity index (χ3v) is 5.88. The summed E-state index contributed by atoms with van der Waals surface area (Å²) >= 11 is 13.4. The molecule has 2 heterocycles. The van der Waals surface area contributed by atoms with Gasteiger partial charge in [0.05, 0.1) is 15.8 Å². The van der Waals surface area contributed by atoms with Crippen molar-refractivity contribution < 1.29 is 9.52 Å². The molecule has 31 heavy (non-hydrogen) atoms. The molecule has 0 aliphatic rings. The van der Waals surface area contributed by atoms with Crippen molar-refractivity contribution in [2.24, 2.45) is 0 Å². The number of halogens is 2. The van der Waals surface area contributed by atoms with E-state index in [1.165, 1.54) is 0 Å². The number of aliphatic hydroxyl groups is 1. The van der Waals surface area contributed by atoms with E-state index >= 15 is 0 Å². The van der Waals surface area contributed by atoms with Crippen molar-refractivity contribution in [3.8, 4) is 0 Å². The van der Waals surface area contributed by atoms with Gasteiger partial charge in [0, 0.05) is 49.1 Å². The molecule has 0 atom stereocenters. The van der Waals surface area contributed by atoms with E-state index in [0.29, 0.717) is 36.0 Å². The Balaban J connectivity index is 0.00000132. The van der Waals surface area contributed by atoms with E-state index in [2.05, 4.69) is 9.88 Å². The molecule has 4 rings (SSSR count). The summed E-state index contributed by atoms with van der Waals surface area (Å²) in [5.41, 5.74) is 2.53. The van der Waals surface area contributed by atoms with Crippen LogP contribution < -0.4 is 10.5 Å². The summed E-state index contributed by atoms with van der Waals surface area (Å²) in [6, 6.07) is 15.6. The molecule has 5 nitrogen and oxygen atoms in total. The SMILES string of the molecule is CO.O=c1oc2cc(N(CCCl)CCCl)ccc2cc1/C=C/c1nc2ccccc2s1. The smallest absolute Gasteiger partial charge is 0.343 e. The van der Waals surface area contributed by atoms with Gasteiger partial charge in [0.1, 0.15) is 10.6 Å². The Morgan fingerprint density at radius 2 is 1.81 bits per heavy atom. The van der Waals surface area contributed by atoms with E-state index in [1.807, 2.05) is 54.6 Å². The largest absolute Gasteiger partial charge is 0.422 e. The molecule has 0 fully saturated rings. The molecule has 1 N–H and O–H groups in total. The molecular weight excluding hydrogens is 455 g/mol. The highest BCUT2D eigenvalue weighted by molar-refractivity contribution is 7.19. The van der Waals surface area contributed by atoms with Gasteiger partial charge in [-0.1, -0.05) is 12.1 Å². The number of fused-ring (bicyclic) bond motifs is 2. The Morgan fingerprint density at radius 3 is 2.52 bits per heavy atom. The molecule has 0 amide bonds. The van der Waals surface area contributed by atoms with Gasteiger partial charge in [-0.2, -0.15) is 0 Å². The highest BCUT2D eigenvalue weighted by Gasteiger charge is 2.09. The molecule has 4 aromatic rings. The van der Waals surface area contributed by atoms with Crippen LogP contribution in [0.15, 0.2) is 57.7 Å². The predicted octanol–water partition coefficient (Wildman–Crippen LogP) is 5.47. The summed E-state index contributed by atoms with van der Waals surface area (Å²) in [6.07, 6.45) is 3.60. The van der Waals surface area contributed by atoms with Gasteiger partial charge in [-0.25, -0.2) is 9.78 Å². The first-order valence-corrected chi connectivity index (χ1v) is 11.5. The third kappa shape index (κ3) is 5.66. The van der Waals surface area contributed by atoms with Gasteiger partial charge in [-0.15, -0.1) is 34.5 Å². The number of para-hydroxylation sites is 1. The van der Waals surface area contributed by atoms with E-state index in [0.717, 1.165) is 33.4 Å². The highest BCUT2D eigenvalue weighted by atomic mass is 35.5. The molecule has 0 radical (unpaired) electrons. The lowest BCUT2D eigenvalue weighted by Crippen LogP contribution is -2.27. The number of alkyl halides is 2. The van der Waals surface area contributed by atoms with Crippen LogP contribution in [0.25, 0.3) is 33.3 Å². The second kappa shape index (κ2) is 11.3. The average molecular weight is 477 g/mol.